The van der Waals surface area contributed by atoms with Crippen molar-refractivity contribution in [3.05, 3.63) is 28.4 Å². The minimum absolute atomic E-state index is 0.616. The van der Waals surface area contributed by atoms with E-state index in [4.69, 9.17) is 14.9 Å². The number of methoxy groups -OCH3 is 1. The molecule has 2 rings (SSSR count). The molecule has 0 unspecified atom stereocenters. The highest BCUT2D eigenvalue weighted by Crippen LogP contribution is 2.35. The van der Waals surface area contributed by atoms with Gasteiger partial charge in [0.15, 0.2) is 11.3 Å². The molecule has 2 N–H and O–H groups in total. The first-order valence-corrected chi connectivity index (χ1v) is 5.50. The van der Waals surface area contributed by atoms with Gasteiger partial charge in [0.2, 0.25) is 0 Å². The molecule has 0 fully saturated rings. The van der Waals surface area contributed by atoms with Gasteiger partial charge in [-0.1, -0.05) is 0 Å². The Hall–Kier alpha value is -1.00. The van der Waals surface area contributed by atoms with Crippen LogP contribution in [0.15, 0.2) is 27.3 Å². The molecular weight excluding hydrogens is 258 g/mol. The van der Waals surface area contributed by atoms with Gasteiger partial charge in [0, 0.05) is 9.86 Å². The van der Waals surface area contributed by atoms with Gasteiger partial charge in [0.05, 0.1) is 13.4 Å². The SMILES string of the molecule is COc1cc(CCN)c(Br)c2ccoc12. The van der Waals surface area contributed by atoms with Gasteiger partial charge in [0.25, 0.3) is 0 Å². The lowest BCUT2D eigenvalue weighted by Crippen LogP contribution is -2.03. The first-order valence-electron chi connectivity index (χ1n) is 4.70. The molecule has 0 bridgehead atoms. The number of nitrogens with two attached hydrogens (primary N) is 1. The smallest absolute Gasteiger partial charge is 0.176 e. The maximum atomic E-state index is 5.56. The van der Waals surface area contributed by atoms with E-state index in [1.54, 1.807) is 13.4 Å². The molecule has 2 aromatic rings. The van der Waals surface area contributed by atoms with Crippen molar-refractivity contribution in [1.82, 2.24) is 0 Å². The van der Waals surface area contributed by atoms with E-state index in [2.05, 4.69) is 15.9 Å². The molecule has 3 nitrogen and oxygen atoms in total. The van der Waals surface area contributed by atoms with Gasteiger partial charge in [-0.3, -0.25) is 0 Å². The molecule has 0 aliphatic carbocycles. The van der Waals surface area contributed by atoms with Crippen LogP contribution in [0, 0.1) is 0 Å². The Bertz CT molecular complexity index is 479. The zero-order valence-electron chi connectivity index (χ0n) is 8.42. The zero-order chi connectivity index (χ0) is 10.8. The summed E-state index contributed by atoms with van der Waals surface area (Å²) in [5, 5.41) is 1.03. The fraction of sp³-hybridized carbons (Fsp3) is 0.273. The van der Waals surface area contributed by atoms with Crippen LogP contribution < -0.4 is 10.5 Å². The Balaban J connectivity index is 2.67. The summed E-state index contributed by atoms with van der Waals surface area (Å²) in [4.78, 5) is 0. The first kappa shape index (κ1) is 10.5. The average molecular weight is 270 g/mol. The standard InChI is InChI=1S/C11H12BrNO2/c1-14-9-6-7(2-4-13)10(12)8-3-5-15-11(8)9/h3,5-6H,2,4,13H2,1H3. The fourth-order valence-electron chi connectivity index (χ4n) is 1.62. The highest BCUT2D eigenvalue weighted by atomic mass is 79.9. The molecule has 1 aromatic carbocycles. The second-order valence-electron chi connectivity index (χ2n) is 3.25. The molecule has 0 saturated heterocycles. The van der Waals surface area contributed by atoms with Gasteiger partial charge >= 0.3 is 0 Å². The van der Waals surface area contributed by atoms with Crippen LogP contribution >= 0.6 is 15.9 Å². The topological polar surface area (TPSA) is 48.4 Å². The Morgan fingerprint density at radius 1 is 1.53 bits per heavy atom. The number of hydrogen-bond donors (Lipinski definition) is 1. The van der Waals surface area contributed by atoms with E-state index in [-0.39, 0.29) is 0 Å². The summed E-state index contributed by atoms with van der Waals surface area (Å²) < 4.78 is 11.7. The lowest BCUT2D eigenvalue weighted by atomic mass is 10.1. The van der Waals surface area contributed by atoms with Crippen molar-refractivity contribution in [2.75, 3.05) is 13.7 Å². The van der Waals surface area contributed by atoms with Crippen molar-refractivity contribution >= 4 is 26.9 Å². The molecule has 0 spiro atoms. The van der Waals surface area contributed by atoms with Gasteiger partial charge in [-0.25, -0.2) is 0 Å². The van der Waals surface area contributed by atoms with Gasteiger partial charge in [-0.2, -0.15) is 0 Å². The third-order valence-electron chi connectivity index (χ3n) is 2.35. The first-order chi connectivity index (χ1) is 7.27. The van der Waals surface area contributed by atoms with Crippen LogP contribution in [0.4, 0.5) is 0 Å². The third kappa shape index (κ3) is 1.75. The van der Waals surface area contributed by atoms with Crippen LogP contribution in [-0.4, -0.2) is 13.7 Å². The van der Waals surface area contributed by atoms with E-state index in [1.165, 1.54) is 0 Å². The second-order valence-corrected chi connectivity index (χ2v) is 4.05. The monoisotopic (exact) mass is 269 g/mol. The molecule has 0 aliphatic rings. The van der Waals surface area contributed by atoms with Crippen LogP contribution in [-0.2, 0) is 6.42 Å². The van der Waals surface area contributed by atoms with E-state index in [1.807, 2.05) is 12.1 Å². The maximum Gasteiger partial charge on any atom is 0.176 e. The van der Waals surface area contributed by atoms with E-state index in [0.717, 1.165) is 33.2 Å². The predicted molar refractivity (Wildman–Crippen MR) is 63.2 cm³/mol. The summed E-state index contributed by atoms with van der Waals surface area (Å²) in [7, 11) is 1.64. The predicted octanol–water partition coefficient (Wildman–Crippen LogP) is 2.71. The zero-order valence-corrected chi connectivity index (χ0v) is 10.0. The summed E-state index contributed by atoms with van der Waals surface area (Å²) in [5.41, 5.74) is 7.47. The van der Waals surface area contributed by atoms with E-state index < -0.39 is 0 Å². The van der Waals surface area contributed by atoms with Crippen LogP contribution in [0.2, 0.25) is 0 Å². The third-order valence-corrected chi connectivity index (χ3v) is 3.28. The molecule has 0 aliphatic heterocycles. The molecular formula is C11H12BrNO2. The van der Waals surface area contributed by atoms with Crippen molar-refractivity contribution in [3.8, 4) is 5.75 Å². The maximum absolute atomic E-state index is 5.56. The molecule has 80 valence electrons. The van der Waals surface area contributed by atoms with E-state index >= 15 is 0 Å². The number of ether oxygens (including phenoxy) is 1. The number of fused-ring (bicyclic) bond motifs is 1. The average Bonchev–Trinajstić information content (AvgIpc) is 2.71. The van der Waals surface area contributed by atoms with E-state index in [0.29, 0.717) is 6.54 Å². The Morgan fingerprint density at radius 2 is 2.33 bits per heavy atom. The normalized spacial score (nSPS) is 10.9. The fourth-order valence-corrected chi connectivity index (χ4v) is 2.25. The minimum atomic E-state index is 0.616. The Labute approximate surface area is 96.3 Å². The van der Waals surface area contributed by atoms with Crippen molar-refractivity contribution < 1.29 is 9.15 Å². The highest BCUT2D eigenvalue weighted by molar-refractivity contribution is 9.10. The van der Waals surface area contributed by atoms with Crippen LogP contribution in [0.5, 0.6) is 5.75 Å². The van der Waals surface area contributed by atoms with E-state index in [9.17, 15) is 0 Å². The molecule has 0 saturated carbocycles. The summed E-state index contributed by atoms with van der Waals surface area (Å²) >= 11 is 3.55. The van der Waals surface area contributed by atoms with Crippen LogP contribution in [0.3, 0.4) is 0 Å². The van der Waals surface area contributed by atoms with Crippen molar-refractivity contribution in [2.45, 2.75) is 6.42 Å². The molecule has 4 heteroatoms. The molecule has 15 heavy (non-hydrogen) atoms. The number of rotatable bonds is 3. The van der Waals surface area contributed by atoms with Gasteiger partial charge in [0.1, 0.15) is 0 Å². The summed E-state index contributed by atoms with van der Waals surface area (Å²) in [6.45, 7) is 0.616. The van der Waals surface area contributed by atoms with Gasteiger partial charge in [-0.05, 0) is 46.6 Å². The lowest BCUT2D eigenvalue weighted by molar-refractivity contribution is 0.409. The lowest BCUT2D eigenvalue weighted by Gasteiger charge is -2.07. The number of furan rings is 1. The minimum Gasteiger partial charge on any atom is -0.493 e. The summed E-state index contributed by atoms with van der Waals surface area (Å²) in [6.07, 6.45) is 2.47. The second kappa shape index (κ2) is 4.24. The summed E-state index contributed by atoms with van der Waals surface area (Å²) in [6, 6.07) is 3.88. The van der Waals surface area contributed by atoms with Crippen molar-refractivity contribution in [2.24, 2.45) is 5.73 Å². The van der Waals surface area contributed by atoms with Crippen molar-refractivity contribution in [1.29, 1.82) is 0 Å². The van der Waals surface area contributed by atoms with Crippen LogP contribution in [0.1, 0.15) is 5.56 Å². The number of benzene rings is 1. The van der Waals surface area contributed by atoms with Gasteiger partial charge in [-0.15, -0.1) is 0 Å². The van der Waals surface area contributed by atoms with Crippen molar-refractivity contribution in [3.63, 3.8) is 0 Å². The molecule has 1 heterocycles. The van der Waals surface area contributed by atoms with Gasteiger partial charge < -0.3 is 14.9 Å². The molecule has 1 aromatic heterocycles. The Kier molecular flexibility index (Phi) is 2.98. The van der Waals surface area contributed by atoms with Crippen LogP contribution in [0.25, 0.3) is 11.0 Å². The summed E-state index contributed by atoms with van der Waals surface area (Å²) in [5.74, 6) is 0.752. The highest BCUT2D eigenvalue weighted by Gasteiger charge is 2.12. The number of halogens is 1. The largest absolute Gasteiger partial charge is 0.493 e. The molecule has 0 radical (unpaired) electrons. The quantitative estimate of drug-likeness (QED) is 0.932. The molecule has 0 amide bonds. The number of hydrogen-bond acceptors (Lipinski definition) is 3. The molecule has 0 atom stereocenters. The Morgan fingerprint density at radius 3 is 3.00 bits per heavy atom.